The molecule has 2 N–H and O–H groups in total. The van der Waals surface area contributed by atoms with Gasteiger partial charge in [0.1, 0.15) is 6.61 Å². The van der Waals surface area contributed by atoms with Crippen LogP contribution in [0.4, 0.5) is 4.79 Å². The topological polar surface area (TPSA) is 95.9 Å². The molecule has 1 unspecified atom stereocenters. The fourth-order valence-electron chi connectivity index (χ4n) is 4.28. The standard InChI is InChI=1S/C27H34N2O5/c1-27(2,3)23(16-24(30)29(4)15-9-14-25(31)32)28-26(33)34-17-22-20-12-7-5-10-18(20)19-11-6-8-13-21(19)22/h5-8,10-13,22-23H,9,14-17H2,1-4H3,(H,28,33)(H,31,32). The van der Waals surface area contributed by atoms with E-state index in [-0.39, 0.29) is 36.7 Å². The predicted octanol–water partition coefficient (Wildman–Crippen LogP) is 4.65. The molecule has 7 heteroatoms. The van der Waals surface area contributed by atoms with Crippen LogP contribution in [0.5, 0.6) is 0 Å². The average molecular weight is 467 g/mol. The third-order valence-corrected chi connectivity index (χ3v) is 6.37. The highest BCUT2D eigenvalue weighted by Gasteiger charge is 2.32. The first-order valence-corrected chi connectivity index (χ1v) is 11.6. The Bertz CT molecular complexity index is 998. The van der Waals surface area contributed by atoms with E-state index in [4.69, 9.17) is 9.84 Å². The van der Waals surface area contributed by atoms with E-state index in [0.717, 1.165) is 22.3 Å². The highest BCUT2D eigenvalue weighted by Crippen LogP contribution is 2.44. The molecule has 2 amide bonds. The van der Waals surface area contributed by atoms with Gasteiger partial charge < -0.3 is 20.1 Å². The maximum atomic E-state index is 12.8. The Hall–Kier alpha value is -3.35. The third kappa shape index (κ3) is 6.16. The van der Waals surface area contributed by atoms with Gasteiger partial charge in [0.15, 0.2) is 0 Å². The van der Waals surface area contributed by atoms with Crippen molar-refractivity contribution < 1.29 is 24.2 Å². The van der Waals surface area contributed by atoms with Crippen molar-refractivity contribution in [2.24, 2.45) is 5.41 Å². The Labute approximate surface area is 201 Å². The Morgan fingerprint density at radius 1 is 1.03 bits per heavy atom. The van der Waals surface area contributed by atoms with Gasteiger partial charge in [-0.15, -0.1) is 0 Å². The first-order chi connectivity index (χ1) is 16.1. The molecule has 1 aliphatic rings. The molecule has 0 heterocycles. The number of aliphatic carboxylic acids is 1. The zero-order valence-corrected chi connectivity index (χ0v) is 20.3. The number of hydrogen-bond donors (Lipinski definition) is 2. The number of carbonyl (C=O) groups excluding carboxylic acids is 2. The number of ether oxygens (including phenoxy) is 1. The molecule has 34 heavy (non-hydrogen) atoms. The average Bonchev–Trinajstić information content (AvgIpc) is 3.10. The number of carboxylic acid groups (broad SMARTS) is 1. The largest absolute Gasteiger partial charge is 0.481 e. The van der Waals surface area contributed by atoms with Gasteiger partial charge in [-0.3, -0.25) is 9.59 Å². The zero-order valence-electron chi connectivity index (χ0n) is 20.3. The molecular weight excluding hydrogens is 432 g/mol. The van der Waals surface area contributed by atoms with Crippen LogP contribution in [0, 0.1) is 5.41 Å². The Morgan fingerprint density at radius 3 is 2.12 bits per heavy atom. The number of fused-ring (bicyclic) bond motifs is 3. The molecule has 0 saturated heterocycles. The lowest BCUT2D eigenvalue weighted by Crippen LogP contribution is -2.47. The lowest BCUT2D eigenvalue weighted by atomic mass is 9.84. The van der Waals surface area contributed by atoms with E-state index in [0.29, 0.717) is 13.0 Å². The summed E-state index contributed by atoms with van der Waals surface area (Å²) in [6.07, 6.45) is -0.0456. The molecule has 1 atom stereocenters. The lowest BCUT2D eigenvalue weighted by molar-refractivity contribution is -0.138. The molecule has 0 spiro atoms. The summed E-state index contributed by atoms with van der Waals surface area (Å²) in [6.45, 7) is 6.43. The SMILES string of the molecule is CN(CCCC(=O)O)C(=O)CC(NC(=O)OCC1c2ccccc2-c2ccccc21)C(C)(C)C. The maximum Gasteiger partial charge on any atom is 0.407 e. The van der Waals surface area contributed by atoms with Crippen LogP contribution in [0.3, 0.4) is 0 Å². The molecular formula is C27H34N2O5. The number of benzene rings is 2. The highest BCUT2D eigenvalue weighted by molar-refractivity contribution is 5.79. The van der Waals surface area contributed by atoms with Gasteiger partial charge in [-0.25, -0.2) is 4.79 Å². The van der Waals surface area contributed by atoms with Gasteiger partial charge >= 0.3 is 12.1 Å². The summed E-state index contributed by atoms with van der Waals surface area (Å²) < 4.78 is 5.66. The van der Waals surface area contributed by atoms with Crippen LogP contribution < -0.4 is 5.32 Å². The maximum absolute atomic E-state index is 12.8. The first-order valence-electron chi connectivity index (χ1n) is 11.6. The van der Waals surface area contributed by atoms with Crippen molar-refractivity contribution in [3.05, 3.63) is 59.7 Å². The monoisotopic (exact) mass is 466 g/mol. The second-order valence-corrected chi connectivity index (χ2v) is 9.91. The number of nitrogens with one attached hydrogen (secondary N) is 1. The Kier molecular flexibility index (Phi) is 7.97. The molecule has 7 nitrogen and oxygen atoms in total. The zero-order chi connectivity index (χ0) is 24.9. The number of amides is 2. The minimum absolute atomic E-state index is 0.0122. The van der Waals surface area contributed by atoms with Gasteiger partial charge in [-0.2, -0.15) is 0 Å². The van der Waals surface area contributed by atoms with E-state index < -0.39 is 18.1 Å². The summed E-state index contributed by atoms with van der Waals surface area (Å²) in [5, 5.41) is 11.7. The van der Waals surface area contributed by atoms with E-state index >= 15 is 0 Å². The molecule has 0 aliphatic heterocycles. The van der Waals surface area contributed by atoms with Gasteiger partial charge in [-0.05, 0) is 34.1 Å². The van der Waals surface area contributed by atoms with Crippen molar-refractivity contribution in [1.29, 1.82) is 0 Å². The van der Waals surface area contributed by atoms with E-state index in [1.165, 1.54) is 4.90 Å². The number of rotatable bonds is 9. The van der Waals surface area contributed by atoms with Crippen LogP contribution in [-0.2, 0) is 14.3 Å². The molecule has 2 aromatic carbocycles. The summed E-state index contributed by atoms with van der Waals surface area (Å²) in [4.78, 5) is 37.7. The number of carbonyl (C=O) groups is 3. The number of carboxylic acids is 1. The van der Waals surface area contributed by atoms with Crippen molar-refractivity contribution in [3.8, 4) is 11.1 Å². The fourth-order valence-corrected chi connectivity index (χ4v) is 4.28. The predicted molar refractivity (Wildman–Crippen MR) is 131 cm³/mol. The lowest BCUT2D eigenvalue weighted by Gasteiger charge is -2.32. The Balaban J connectivity index is 1.60. The molecule has 2 aromatic rings. The summed E-state index contributed by atoms with van der Waals surface area (Å²) in [7, 11) is 1.65. The second-order valence-electron chi connectivity index (χ2n) is 9.91. The van der Waals surface area contributed by atoms with E-state index in [1.54, 1.807) is 7.05 Å². The van der Waals surface area contributed by atoms with Crippen molar-refractivity contribution in [3.63, 3.8) is 0 Å². The molecule has 0 aromatic heterocycles. The van der Waals surface area contributed by atoms with Gasteiger partial charge in [0, 0.05) is 38.4 Å². The quantitative estimate of drug-likeness (QED) is 0.561. The van der Waals surface area contributed by atoms with E-state index in [2.05, 4.69) is 29.6 Å². The van der Waals surface area contributed by atoms with Crippen LogP contribution >= 0.6 is 0 Å². The minimum atomic E-state index is -0.884. The molecule has 182 valence electrons. The molecule has 3 rings (SSSR count). The van der Waals surface area contributed by atoms with Gasteiger partial charge in [0.05, 0.1) is 0 Å². The number of hydrogen-bond acceptors (Lipinski definition) is 4. The normalized spacial score (nSPS) is 13.5. The molecule has 0 saturated carbocycles. The fraction of sp³-hybridized carbons (Fsp3) is 0.444. The van der Waals surface area contributed by atoms with Gasteiger partial charge in [0.2, 0.25) is 5.91 Å². The van der Waals surface area contributed by atoms with Crippen LogP contribution in [0.2, 0.25) is 0 Å². The van der Waals surface area contributed by atoms with Crippen molar-refractivity contribution in [1.82, 2.24) is 10.2 Å². The van der Waals surface area contributed by atoms with Crippen LogP contribution in [0.1, 0.15) is 57.1 Å². The summed E-state index contributed by atoms with van der Waals surface area (Å²) in [6, 6.07) is 15.9. The number of alkyl carbamates (subject to hydrolysis) is 1. The first kappa shape index (κ1) is 25.3. The molecule has 0 radical (unpaired) electrons. The van der Waals surface area contributed by atoms with E-state index in [9.17, 15) is 14.4 Å². The molecule has 0 fully saturated rings. The second kappa shape index (κ2) is 10.7. The minimum Gasteiger partial charge on any atom is -0.481 e. The molecule has 1 aliphatic carbocycles. The summed E-state index contributed by atoms with van der Waals surface area (Å²) in [5.74, 6) is -1.07. The number of nitrogens with zero attached hydrogens (tertiary/aromatic N) is 1. The van der Waals surface area contributed by atoms with Crippen molar-refractivity contribution in [2.75, 3.05) is 20.2 Å². The van der Waals surface area contributed by atoms with Crippen LogP contribution in [0.15, 0.2) is 48.5 Å². The molecule has 0 bridgehead atoms. The highest BCUT2D eigenvalue weighted by atomic mass is 16.5. The van der Waals surface area contributed by atoms with Crippen molar-refractivity contribution >= 4 is 18.0 Å². The smallest absolute Gasteiger partial charge is 0.407 e. The van der Waals surface area contributed by atoms with Crippen LogP contribution in [0.25, 0.3) is 11.1 Å². The summed E-state index contributed by atoms with van der Waals surface area (Å²) in [5.41, 5.74) is 4.24. The Morgan fingerprint density at radius 2 is 1.59 bits per heavy atom. The van der Waals surface area contributed by atoms with Gasteiger partial charge in [-0.1, -0.05) is 69.3 Å². The van der Waals surface area contributed by atoms with E-state index in [1.807, 2.05) is 45.0 Å². The van der Waals surface area contributed by atoms with Gasteiger partial charge in [0.25, 0.3) is 0 Å². The van der Waals surface area contributed by atoms with Crippen molar-refractivity contribution in [2.45, 2.75) is 52.0 Å². The van der Waals surface area contributed by atoms with Crippen LogP contribution in [-0.4, -0.2) is 54.2 Å². The summed E-state index contributed by atoms with van der Waals surface area (Å²) >= 11 is 0. The third-order valence-electron chi connectivity index (χ3n) is 6.37.